The number of nitrogens with zero attached hydrogens (tertiary/aromatic N) is 2. The van der Waals surface area contributed by atoms with Gasteiger partial charge in [0, 0.05) is 13.1 Å². The van der Waals surface area contributed by atoms with Crippen molar-refractivity contribution in [2.75, 3.05) is 33.7 Å². The van der Waals surface area contributed by atoms with Gasteiger partial charge in [-0.05, 0) is 105 Å². The van der Waals surface area contributed by atoms with Crippen molar-refractivity contribution in [3.63, 3.8) is 0 Å². The summed E-state index contributed by atoms with van der Waals surface area (Å²) in [5.41, 5.74) is 0. The van der Waals surface area contributed by atoms with E-state index in [-0.39, 0.29) is 12.2 Å². The fraction of sp³-hybridized carbons (Fsp3) is 0.881. The smallest absolute Gasteiger partial charge is 0.410 e. The van der Waals surface area contributed by atoms with Gasteiger partial charge in [0.05, 0.1) is 0 Å². The van der Waals surface area contributed by atoms with Crippen LogP contribution in [-0.4, -0.2) is 55.7 Å². The highest BCUT2D eigenvalue weighted by atomic mass is 16.6. The highest BCUT2D eigenvalue weighted by molar-refractivity contribution is 5.67. The molecule has 0 heterocycles. The number of amides is 1. The Balaban J connectivity index is 4.53. The predicted molar refractivity (Wildman–Crippen MR) is 205 cm³/mol. The van der Waals surface area contributed by atoms with Crippen LogP contribution in [0.15, 0.2) is 24.3 Å². The van der Waals surface area contributed by atoms with Gasteiger partial charge in [-0.2, -0.15) is 0 Å². The van der Waals surface area contributed by atoms with Gasteiger partial charge < -0.3 is 14.5 Å². The second-order valence-corrected chi connectivity index (χ2v) is 14.2. The van der Waals surface area contributed by atoms with Crippen molar-refractivity contribution in [3.8, 4) is 0 Å². The summed E-state index contributed by atoms with van der Waals surface area (Å²) in [4.78, 5) is 17.6. The van der Waals surface area contributed by atoms with Crippen LogP contribution in [0.3, 0.4) is 0 Å². The Hall–Kier alpha value is -1.29. The average Bonchev–Trinajstić information content (AvgIpc) is 3.04. The van der Waals surface area contributed by atoms with Gasteiger partial charge in [-0.1, -0.05) is 141 Å². The molecule has 4 nitrogen and oxygen atoms in total. The minimum Gasteiger partial charge on any atom is -0.446 e. The first-order chi connectivity index (χ1) is 22.5. The van der Waals surface area contributed by atoms with Gasteiger partial charge in [-0.3, -0.25) is 0 Å². The third kappa shape index (κ3) is 32.6. The van der Waals surface area contributed by atoms with Crippen LogP contribution in [0.4, 0.5) is 4.79 Å². The maximum Gasteiger partial charge on any atom is 0.410 e. The van der Waals surface area contributed by atoms with Crippen LogP contribution in [0.1, 0.15) is 201 Å². The van der Waals surface area contributed by atoms with Gasteiger partial charge in [0.2, 0.25) is 0 Å². The Bertz CT molecular complexity index is 675. The summed E-state index contributed by atoms with van der Waals surface area (Å²) in [7, 11) is 4.22. The lowest BCUT2D eigenvalue weighted by Crippen LogP contribution is -2.37. The number of rotatable bonds is 35. The van der Waals surface area contributed by atoms with Crippen molar-refractivity contribution in [2.45, 2.75) is 207 Å². The van der Waals surface area contributed by atoms with E-state index in [1.807, 2.05) is 4.90 Å². The molecule has 1 amide bonds. The molecule has 46 heavy (non-hydrogen) atoms. The summed E-state index contributed by atoms with van der Waals surface area (Å²) in [5.74, 6) is 0. The van der Waals surface area contributed by atoms with Crippen LogP contribution >= 0.6 is 0 Å². The molecule has 0 aromatic rings. The molecule has 272 valence electrons. The minimum atomic E-state index is -0.0582. The number of carbonyl (C=O) groups excluding carboxylic acids is 1. The predicted octanol–water partition coefficient (Wildman–Crippen LogP) is 13.5. The lowest BCUT2D eigenvalue weighted by atomic mass is 10.0. The first-order valence-corrected chi connectivity index (χ1v) is 20.4. The zero-order chi connectivity index (χ0) is 33.8. The molecule has 1 atom stereocenters. The molecule has 0 N–H and O–H groups in total. The molecule has 0 saturated heterocycles. The van der Waals surface area contributed by atoms with Crippen LogP contribution in [0.2, 0.25) is 0 Å². The quantitative estimate of drug-likeness (QED) is 0.0507. The molecular formula is C42H82N2O2. The molecule has 0 rings (SSSR count). The zero-order valence-corrected chi connectivity index (χ0v) is 32.0. The first-order valence-electron chi connectivity index (χ1n) is 20.4. The Morgan fingerprint density at radius 2 is 0.935 bits per heavy atom. The largest absolute Gasteiger partial charge is 0.446 e. The Kier molecular flexibility index (Phi) is 35.5. The van der Waals surface area contributed by atoms with Crippen molar-refractivity contribution < 1.29 is 9.53 Å². The molecule has 0 bridgehead atoms. The van der Waals surface area contributed by atoms with Gasteiger partial charge in [0.15, 0.2) is 0 Å². The molecule has 0 aliphatic rings. The summed E-state index contributed by atoms with van der Waals surface area (Å²) >= 11 is 0. The Labute approximate surface area is 289 Å². The number of hydrogen-bond donors (Lipinski definition) is 0. The van der Waals surface area contributed by atoms with E-state index in [4.69, 9.17) is 4.74 Å². The van der Waals surface area contributed by atoms with Crippen LogP contribution in [0.25, 0.3) is 0 Å². The number of unbranched alkanes of at least 4 members (excludes halogenated alkanes) is 21. The highest BCUT2D eigenvalue weighted by Gasteiger charge is 2.20. The summed E-state index contributed by atoms with van der Waals surface area (Å²) in [6.07, 6.45) is 44.6. The summed E-state index contributed by atoms with van der Waals surface area (Å²) in [6, 6.07) is 0. The molecule has 0 spiro atoms. The van der Waals surface area contributed by atoms with Gasteiger partial charge in [-0.25, -0.2) is 4.79 Å². The summed E-state index contributed by atoms with van der Waals surface area (Å²) in [5, 5.41) is 0. The average molecular weight is 647 g/mol. The minimum absolute atomic E-state index is 0.0582. The normalized spacial score (nSPS) is 12.6. The van der Waals surface area contributed by atoms with E-state index < -0.39 is 0 Å². The molecule has 0 radical (unpaired) electrons. The van der Waals surface area contributed by atoms with E-state index >= 15 is 0 Å². The summed E-state index contributed by atoms with van der Waals surface area (Å²) < 4.78 is 6.29. The standard InChI is InChI=1S/C42H82N2O2/c1-6-9-12-15-17-19-21-22-23-24-25-27-29-31-33-37-41(36-32-30-28-26-20-18-16-13-10-7-2)46-42(45)44(39-34-14-11-8-3)40-35-38-43(4)5/h7,10,17,19,41H,6,8-9,11-16,18,20-40H2,1-5H3. The van der Waals surface area contributed by atoms with E-state index in [2.05, 4.69) is 64.1 Å². The molecule has 0 fully saturated rings. The van der Waals surface area contributed by atoms with Crippen LogP contribution in [0.5, 0.6) is 0 Å². The SMILES string of the molecule is CC=CCCCCCCCCCC(CCCCCCCCCCC=CCCCCC)OC(=O)N(CCCCCC)CCCN(C)C. The number of hydrogen-bond acceptors (Lipinski definition) is 3. The molecule has 0 saturated carbocycles. The molecule has 0 aromatic carbocycles. The Morgan fingerprint density at radius 3 is 1.43 bits per heavy atom. The van der Waals surface area contributed by atoms with Gasteiger partial charge in [-0.15, -0.1) is 0 Å². The maximum absolute atomic E-state index is 13.4. The number of ether oxygens (including phenoxy) is 1. The third-order valence-corrected chi connectivity index (χ3v) is 9.26. The maximum atomic E-state index is 13.4. The lowest BCUT2D eigenvalue weighted by molar-refractivity contribution is 0.0513. The molecule has 0 aromatic heterocycles. The molecule has 4 heteroatoms. The van der Waals surface area contributed by atoms with Crippen LogP contribution < -0.4 is 0 Å². The Morgan fingerprint density at radius 1 is 0.522 bits per heavy atom. The number of allylic oxidation sites excluding steroid dienone is 4. The fourth-order valence-corrected chi connectivity index (χ4v) is 6.21. The van der Waals surface area contributed by atoms with E-state index in [9.17, 15) is 4.79 Å². The second kappa shape index (κ2) is 36.5. The van der Waals surface area contributed by atoms with Crippen molar-refractivity contribution in [1.29, 1.82) is 0 Å². The molecule has 0 aliphatic carbocycles. The van der Waals surface area contributed by atoms with E-state index in [0.717, 1.165) is 45.3 Å². The van der Waals surface area contributed by atoms with Crippen molar-refractivity contribution in [2.24, 2.45) is 0 Å². The lowest BCUT2D eigenvalue weighted by Gasteiger charge is -2.26. The van der Waals surface area contributed by atoms with Gasteiger partial charge >= 0.3 is 6.09 Å². The zero-order valence-electron chi connectivity index (χ0n) is 32.0. The molecular weight excluding hydrogens is 564 g/mol. The topological polar surface area (TPSA) is 32.8 Å². The molecule has 0 aliphatic heterocycles. The highest BCUT2D eigenvalue weighted by Crippen LogP contribution is 2.19. The fourth-order valence-electron chi connectivity index (χ4n) is 6.21. The van der Waals surface area contributed by atoms with Crippen molar-refractivity contribution in [3.05, 3.63) is 24.3 Å². The van der Waals surface area contributed by atoms with Crippen molar-refractivity contribution in [1.82, 2.24) is 9.80 Å². The van der Waals surface area contributed by atoms with Gasteiger partial charge in [0.25, 0.3) is 0 Å². The monoisotopic (exact) mass is 647 g/mol. The van der Waals surface area contributed by atoms with E-state index in [1.165, 1.54) is 154 Å². The molecule has 1 unspecified atom stereocenters. The van der Waals surface area contributed by atoms with Crippen LogP contribution in [0, 0.1) is 0 Å². The summed E-state index contributed by atoms with van der Waals surface area (Å²) in [6.45, 7) is 9.28. The third-order valence-electron chi connectivity index (χ3n) is 9.26. The van der Waals surface area contributed by atoms with Gasteiger partial charge in [0.1, 0.15) is 6.10 Å². The van der Waals surface area contributed by atoms with Crippen LogP contribution in [-0.2, 0) is 4.74 Å². The second-order valence-electron chi connectivity index (χ2n) is 14.2. The van der Waals surface area contributed by atoms with Crippen molar-refractivity contribution >= 4 is 6.09 Å². The number of carbonyl (C=O) groups is 1. The first kappa shape index (κ1) is 44.7. The van der Waals surface area contributed by atoms with E-state index in [1.54, 1.807) is 0 Å². The van der Waals surface area contributed by atoms with E-state index in [0.29, 0.717) is 0 Å².